The molecule has 0 fully saturated rings. The summed E-state index contributed by atoms with van der Waals surface area (Å²) in [7, 11) is 1.18. The SMILES string of the molecule is COC(=O)C(Cl)CNC(=O)c1cccc(Cl)c1F. The fourth-order valence-corrected chi connectivity index (χ4v) is 1.51. The second-order valence-corrected chi connectivity index (χ2v) is 4.24. The molecule has 0 spiro atoms. The quantitative estimate of drug-likeness (QED) is 0.682. The zero-order valence-electron chi connectivity index (χ0n) is 9.38. The number of carbonyl (C=O) groups is 2. The summed E-state index contributed by atoms with van der Waals surface area (Å²) >= 11 is 11.2. The predicted octanol–water partition coefficient (Wildman–Crippen LogP) is 1.99. The first kappa shape index (κ1) is 14.7. The topological polar surface area (TPSA) is 55.4 Å². The number of methoxy groups -OCH3 is 1. The first-order valence-corrected chi connectivity index (χ1v) is 5.73. The molecule has 0 aliphatic rings. The third-order valence-electron chi connectivity index (χ3n) is 2.09. The number of amides is 1. The Labute approximate surface area is 113 Å². The first-order valence-electron chi connectivity index (χ1n) is 4.91. The Bertz CT molecular complexity index is 468. The smallest absolute Gasteiger partial charge is 0.325 e. The van der Waals surface area contributed by atoms with Crippen molar-refractivity contribution in [1.29, 1.82) is 0 Å². The Kier molecular flexibility index (Phi) is 5.37. The Morgan fingerprint density at radius 3 is 2.78 bits per heavy atom. The van der Waals surface area contributed by atoms with Crippen molar-refractivity contribution in [2.24, 2.45) is 0 Å². The minimum Gasteiger partial charge on any atom is -0.468 e. The van der Waals surface area contributed by atoms with Gasteiger partial charge in [0.15, 0.2) is 5.82 Å². The number of ether oxygens (including phenoxy) is 1. The number of esters is 1. The molecule has 1 aromatic carbocycles. The van der Waals surface area contributed by atoms with Gasteiger partial charge >= 0.3 is 5.97 Å². The van der Waals surface area contributed by atoms with E-state index in [0.29, 0.717) is 0 Å². The molecule has 1 amide bonds. The van der Waals surface area contributed by atoms with Crippen LogP contribution >= 0.6 is 23.2 Å². The summed E-state index contributed by atoms with van der Waals surface area (Å²) in [5, 5.41) is 1.13. The first-order chi connectivity index (χ1) is 8.47. The van der Waals surface area contributed by atoms with Gasteiger partial charge in [0.2, 0.25) is 0 Å². The largest absolute Gasteiger partial charge is 0.468 e. The maximum atomic E-state index is 13.5. The van der Waals surface area contributed by atoms with Crippen LogP contribution in [0.25, 0.3) is 0 Å². The maximum absolute atomic E-state index is 13.5. The summed E-state index contributed by atoms with van der Waals surface area (Å²) in [6, 6.07) is 4.04. The highest BCUT2D eigenvalue weighted by Crippen LogP contribution is 2.17. The van der Waals surface area contributed by atoms with E-state index in [9.17, 15) is 14.0 Å². The maximum Gasteiger partial charge on any atom is 0.325 e. The zero-order valence-corrected chi connectivity index (χ0v) is 10.9. The molecule has 0 bridgehead atoms. The molecule has 7 heteroatoms. The Morgan fingerprint density at radius 1 is 1.50 bits per heavy atom. The van der Waals surface area contributed by atoms with Crippen molar-refractivity contribution in [2.45, 2.75) is 5.38 Å². The summed E-state index contributed by atoms with van der Waals surface area (Å²) in [5.74, 6) is -2.20. The van der Waals surface area contributed by atoms with Crippen LogP contribution in [0.4, 0.5) is 4.39 Å². The van der Waals surface area contributed by atoms with E-state index in [1.807, 2.05) is 0 Å². The highest BCUT2D eigenvalue weighted by molar-refractivity contribution is 6.31. The molecule has 1 atom stereocenters. The highest BCUT2D eigenvalue weighted by Gasteiger charge is 2.19. The van der Waals surface area contributed by atoms with Gasteiger partial charge in [-0.3, -0.25) is 9.59 Å². The zero-order chi connectivity index (χ0) is 13.7. The van der Waals surface area contributed by atoms with Gasteiger partial charge < -0.3 is 10.1 Å². The standard InChI is InChI=1S/C11H10Cl2FNO3/c1-18-11(17)8(13)5-15-10(16)6-3-2-4-7(12)9(6)14/h2-4,8H,5H2,1H3,(H,15,16). The fraction of sp³-hybridized carbons (Fsp3) is 0.273. The summed E-state index contributed by atoms with van der Waals surface area (Å²) < 4.78 is 17.9. The van der Waals surface area contributed by atoms with Crippen molar-refractivity contribution < 1.29 is 18.7 Å². The van der Waals surface area contributed by atoms with Crippen molar-refractivity contribution in [1.82, 2.24) is 5.32 Å². The number of rotatable bonds is 4. The third-order valence-corrected chi connectivity index (χ3v) is 2.72. The number of halogens is 3. The van der Waals surface area contributed by atoms with Gasteiger partial charge in [-0.05, 0) is 12.1 Å². The number of hydrogen-bond donors (Lipinski definition) is 1. The van der Waals surface area contributed by atoms with E-state index in [4.69, 9.17) is 23.2 Å². The van der Waals surface area contributed by atoms with Crippen molar-refractivity contribution in [3.05, 3.63) is 34.6 Å². The van der Waals surface area contributed by atoms with E-state index in [0.717, 1.165) is 0 Å². The van der Waals surface area contributed by atoms with E-state index in [2.05, 4.69) is 10.1 Å². The molecule has 1 rings (SSSR count). The molecule has 0 radical (unpaired) electrons. The molecule has 0 aliphatic heterocycles. The van der Waals surface area contributed by atoms with Gasteiger partial charge in [0, 0.05) is 6.54 Å². The summed E-state index contributed by atoms with van der Waals surface area (Å²) in [5.41, 5.74) is -0.212. The molecular formula is C11H10Cl2FNO3. The molecule has 0 saturated heterocycles. The number of alkyl halides is 1. The van der Waals surface area contributed by atoms with Crippen LogP contribution in [-0.4, -0.2) is 30.9 Å². The van der Waals surface area contributed by atoms with E-state index < -0.39 is 23.1 Å². The van der Waals surface area contributed by atoms with Gasteiger partial charge in [-0.15, -0.1) is 11.6 Å². The molecular weight excluding hydrogens is 284 g/mol. The molecule has 4 nitrogen and oxygen atoms in total. The second kappa shape index (κ2) is 6.56. The van der Waals surface area contributed by atoms with Gasteiger partial charge in [0.25, 0.3) is 5.91 Å². The number of benzene rings is 1. The van der Waals surface area contributed by atoms with E-state index in [1.54, 1.807) is 0 Å². The average molecular weight is 294 g/mol. The highest BCUT2D eigenvalue weighted by atomic mass is 35.5. The summed E-state index contributed by atoms with van der Waals surface area (Å²) in [6.45, 7) is -0.168. The van der Waals surface area contributed by atoms with Crippen LogP contribution in [0.1, 0.15) is 10.4 Å². The van der Waals surface area contributed by atoms with Crippen LogP contribution < -0.4 is 5.32 Å². The van der Waals surface area contributed by atoms with Crippen molar-refractivity contribution in [3.8, 4) is 0 Å². The second-order valence-electron chi connectivity index (χ2n) is 3.30. The van der Waals surface area contributed by atoms with Crippen LogP contribution in [-0.2, 0) is 9.53 Å². The van der Waals surface area contributed by atoms with E-state index in [1.165, 1.54) is 25.3 Å². The van der Waals surface area contributed by atoms with E-state index >= 15 is 0 Å². The van der Waals surface area contributed by atoms with Crippen molar-refractivity contribution >= 4 is 35.1 Å². The molecule has 0 aromatic heterocycles. The van der Waals surface area contributed by atoms with Crippen LogP contribution in [0, 0.1) is 5.82 Å². The van der Waals surface area contributed by atoms with Crippen molar-refractivity contribution in [2.75, 3.05) is 13.7 Å². The van der Waals surface area contributed by atoms with Gasteiger partial charge in [-0.2, -0.15) is 0 Å². The van der Waals surface area contributed by atoms with Crippen LogP contribution in [0.3, 0.4) is 0 Å². The molecule has 0 saturated carbocycles. The van der Waals surface area contributed by atoms with Gasteiger partial charge in [0.05, 0.1) is 17.7 Å². The third kappa shape index (κ3) is 3.58. The molecule has 1 N–H and O–H groups in total. The van der Waals surface area contributed by atoms with Crippen LogP contribution in [0.2, 0.25) is 5.02 Å². The van der Waals surface area contributed by atoms with Crippen LogP contribution in [0.5, 0.6) is 0 Å². The lowest BCUT2D eigenvalue weighted by Gasteiger charge is -2.09. The molecule has 0 heterocycles. The van der Waals surface area contributed by atoms with Gasteiger partial charge in [0.1, 0.15) is 5.38 Å². The molecule has 1 unspecified atom stereocenters. The summed E-state index contributed by atoms with van der Waals surface area (Å²) in [6.07, 6.45) is 0. The van der Waals surface area contributed by atoms with E-state index in [-0.39, 0.29) is 17.1 Å². The minimum absolute atomic E-state index is 0.155. The predicted molar refractivity (Wildman–Crippen MR) is 65.4 cm³/mol. The van der Waals surface area contributed by atoms with Gasteiger partial charge in [-0.25, -0.2) is 4.39 Å². The Hall–Kier alpha value is -1.33. The monoisotopic (exact) mass is 293 g/mol. The molecule has 18 heavy (non-hydrogen) atoms. The number of carbonyl (C=O) groups excluding carboxylic acids is 2. The fourth-order valence-electron chi connectivity index (χ4n) is 1.17. The molecule has 98 valence electrons. The molecule has 1 aromatic rings. The lowest BCUT2D eigenvalue weighted by Crippen LogP contribution is -2.34. The average Bonchev–Trinajstić information content (AvgIpc) is 2.37. The summed E-state index contributed by atoms with van der Waals surface area (Å²) in [4.78, 5) is 22.6. The van der Waals surface area contributed by atoms with Crippen molar-refractivity contribution in [3.63, 3.8) is 0 Å². The van der Waals surface area contributed by atoms with Gasteiger partial charge in [-0.1, -0.05) is 17.7 Å². The van der Waals surface area contributed by atoms with Crippen LogP contribution in [0.15, 0.2) is 18.2 Å². The lowest BCUT2D eigenvalue weighted by molar-refractivity contribution is -0.140. The Morgan fingerprint density at radius 2 is 2.17 bits per heavy atom. The lowest BCUT2D eigenvalue weighted by atomic mass is 10.2. The normalized spacial score (nSPS) is 11.8. The minimum atomic E-state index is -1.03. The number of nitrogens with one attached hydrogen (secondary N) is 1. The molecule has 0 aliphatic carbocycles. The number of hydrogen-bond acceptors (Lipinski definition) is 3. The Balaban J connectivity index is 2.66.